The maximum Gasteiger partial charge on any atom is 0.274 e. The molecule has 1 N–H and O–H groups in total. The summed E-state index contributed by atoms with van der Waals surface area (Å²) in [6.07, 6.45) is 1.18. The Labute approximate surface area is 137 Å². The predicted octanol–water partition coefficient (Wildman–Crippen LogP) is 2.72. The van der Waals surface area contributed by atoms with Crippen molar-refractivity contribution in [2.24, 2.45) is 0 Å². The highest BCUT2D eigenvalue weighted by Gasteiger charge is 2.18. The third-order valence-corrected chi connectivity index (χ3v) is 3.25. The Morgan fingerprint density at radius 2 is 2.26 bits per heavy atom. The summed E-state index contributed by atoms with van der Waals surface area (Å²) in [5.41, 5.74) is 0.740. The number of nitrogens with one attached hydrogen (secondary N) is 1. The highest BCUT2D eigenvalue weighted by molar-refractivity contribution is 6.32. The summed E-state index contributed by atoms with van der Waals surface area (Å²) in [4.78, 5) is 16.0. The molecular formula is C15H16ClFN2O4. The molecule has 6 nitrogen and oxygen atoms in total. The van der Waals surface area contributed by atoms with E-state index >= 15 is 0 Å². The predicted molar refractivity (Wildman–Crippen MR) is 82.6 cm³/mol. The summed E-state index contributed by atoms with van der Waals surface area (Å²) >= 11 is 6.08. The minimum atomic E-state index is -0.556. The zero-order valence-electron chi connectivity index (χ0n) is 12.5. The van der Waals surface area contributed by atoms with Crippen molar-refractivity contribution in [2.75, 3.05) is 33.5 Å². The van der Waals surface area contributed by atoms with E-state index in [-0.39, 0.29) is 25.5 Å². The van der Waals surface area contributed by atoms with E-state index in [1.807, 2.05) is 0 Å². The van der Waals surface area contributed by atoms with Gasteiger partial charge in [0.2, 0.25) is 0 Å². The molecule has 0 aliphatic rings. The number of alkyl halides is 1. The Kier molecular flexibility index (Phi) is 6.37. The van der Waals surface area contributed by atoms with Crippen LogP contribution in [0.4, 0.5) is 4.39 Å². The van der Waals surface area contributed by atoms with Gasteiger partial charge in [0.1, 0.15) is 12.4 Å². The van der Waals surface area contributed by atoms with Crippen molar-refractivity contribution in [1.82, 2.24) is 10.3 Å². The second kappa shape index (κ2) is 8.50. The minimum Gasteiger partial charge on any atom is -0.495 e. The average molecular weight is 342 g/mol. The van der Waals surface area contributed by atoms with Crippen LogP contribution in [0.25, 0.3) is 11.3 Å². The van der Waals surface area contributed by atoms with E-state index in [4.69, 9.17) is 25.5 Å². The molecule has 0 fully saturated rings. The molecule has 23 heavy (non-hydrogen) atoms. The normalized spacial score (nSPS) is 10.6. The monoisotopic (exact) mass is 341 g/mol. The Hall–Kier alpha value is -2.12. The number of nitrogens with zero attached hydrogens (tertiary/aromatic N) is 1. The number of rotatable bonds is 8. The molecule has 1 amide bonds. The number of carbonyl (C=O) groups excluding carboxylic acids is 1. The third-order valence-electron chi connectivity index (χ3n) is 2.95. The van der Waals surface area contributed by atoms with Gasteiger partial charge in [-0.15, -0.1) is 0 Å². The molecule has 8 heteroatoms. The molecule has 124 valence electrons. The van der Waals surface area contributed by atoms with Crippen LogP contribution in [0, 0.1) is 0 Å². The number of oxazole rings is 1. The molecule has 2 rings (SSSR count). The van der Waals surface area contributed by atoms with E-state index in [0.29, 0.717) is 22.1 Å². The summed E-state index contributed by atoms with van der Waals surface area (Å²) in [5, 5.41) is 3.02. The zero-order valence-corrected chi connectivity index (χ0v) is 13.2. The number of amides is 1. The molecule has 1 aromatic carbocycles. The Balaban J connectivity index is 2.07. The van der Waals surface area contributed by atoms with Crippen LogP contribution in [0.5, 0.6) is 5.75 Å². The molecule has 0 saturated heterocycles. The van der Waals surface area contributed by atoms with Crippen molar-refractivity contribution in [3.63, 3.8) is 0 Å². The molecule has 0 spiro atoms. The maximum atomic E-state index is 12.1. The van der Waals surface area contributed by atoms with Crippen molar-refractivity contribution in [2.45, 2.75) is 0 Å². The van der Waals surface area contributed by atoms with E-state index in [1.54, 1.807) is 18.2 Å². The smallest absolute Gasteiger partial charge is 0.274 e. The maximum absolute atomic E-state index is 12.1. The van der Waals surface area contributed by atoms with Crippen molar-refractivity contribution in [3.8, 4) is 17.1 Å². The van der Waals surface area contributed by atoms with Crippen LogP contribution in [0.2, 0.25) is 5.02 Å². The molecule has 1 aromatic heterocycles. The first-order valence-electron chi connectivity index (χ1n) is 6.86. The van der Waals surface area contributed by atoms with Gasteiger partial charge in [-0.1, -0.05) is 11.6 Å². The number of ether oxygens (including phenoxy) is 2. The highest BCUT2D eigenvalue weighted by Crippen LogP contribution is 2.31. The Morgan fingerprint density at radius 3 is 2.96 bits per heavy atom. The topological polar surface area (TPSA) is 73.6 Å². The summed E-state index contributed by atoms with van der Waals surface area (Å²) in [6, 6.07) is 5.01. The number of benzene rings is 1. The van der Waals surface area contributed by atoms with E-state index in [0.717, 1.165) is 0 Å². The molecule has 0 aliphatic heterocycles. The third kappa shape index (κ3) is 4.43. The van der Waals surface area contributed by atoms with Gasteiger partial charge in [0.25, 0.3) is 5.91 Å². The number of hydrogen-bond acceptors (Lipinski definition) is 5. The minimum absolute atomic E-state index is 0.00935. The first kappa shape index (κ1) is 17.2. The molecule has 0 radical (unpaired) electrons. The van der Waals surface area contributed by atoms with Crippen LogP contribution in [0.15, 0.2) is 29.0 Å². The van der Waals surface area contributed by atoms with Gasteiger partial charge in [-0.2, -0.15) is 0 Å². The van der Waals surface area contributed by atoms with Crippen LogP contribution in [0.3, 0.4) is 0 Å². The van der Waals surface area contributed by atoms with Crippen LogP contribution in [-0.4, -0.2) is 44.4 Å². The number of aromatic nitrogens is 1. The number of carbonyl (C=O) groups is 1. The number of hydrogen-bond donors (Lipinski definition) is 1. The van der Waals surface area contributed by atoms with Gasteiger partial charge in [0.15, 0.2) is 17.8 Å². The highest BCUT2D eigenvalue weighted by atomic mass is 35.5. The lowest BCUT2D eigenvalue weighted by Crippen LogP contribution is -2.28. The summed E-state index contributed by atoms with van der Waals surface area (Å²) in [6.45, 7) is -0.0826. The SMILES string of the molecule is COc1ccc(-c2ocnc2C(=O)NCCOCC[18F])cc1Cl. The second-order valence-corrected chi connectivity index (χ2v) is 4.84. The molecule has 0 unspecified atom stereocenters. The van der Waals surface area contributed by atoms with E-state index in [9.17, 15) is 9.18 Å². The van der Waals surface area contributed by atoms with Gasteiger partial charge < -0.3 is 19.2 Å². The Morgan fingerprint density at radius 1 is 1.43 bits per heavy atom. The molecule has 0 bridgehead atoms. The first-order valence-corrected chi connectivity index (χ1v) is 7.24. The van der Waals surface area contributed by atoms with Gasteiger partial charge in [-0.05, 0) is 18.2 Å². The quantitative estimate of drug-likeness (QED) is 0.747. The summed E-state index contributed by atoms with van der Waals surface area (Å²) in [7, 11) is 1.51. The van der Waals surface area contributed by atoms with Crippen LogP contribution in [-0.2, 0) is 4.74 Å². The molecule has 1 heterocycles. The average Bonchev–Trinajstić information content (AvgIpc) is 3.04. The molecular weight excluding hydrogens is 326 g/mol. The second-order valence-electron chi connectivity index (χ2n) is 4.44. The summed E-state index contributed by atoms with van der Waals surface area (Å²) < 4.78 is 27.2. The van der Waals surface area contributed by atoms with Crippen LogP contribution < -0.4 is 10.1 Å². The van der Waals surface area contributed by atoms with Crippen molar-refractivity contribution in [1.29, 1.82) is 0 Å². The molecule has 0 aliphatic carbocycles. The number of methoxy groups -OCH3 is 1. The first-order chi connectivity index (χ1) is 11.2. The van der Waals surface area contributed by atoms with Crippen molar-refractivity contribution in [3.05, 3.63) is 35.3 Å². The molecule has 0 atom stereocenters. The fourth-order valence-corrected chi connectivity index (χ4v) is 2.16. The lowest BCUT2D eigenvalue weighted by Gasteiger charge is -2.06. The molecule has 2 aromatic rings. The van der Waals surface area contributed by atoms with Gasteiger partial charge in [-0.3, -0.25) is 4.79 Å². The molecule has 0 saturated carbocycles. The lowest BCUT2D eigenvalue weighted by atomic mass is 10.1. The van der Waals surface area contributed by atoms with Gasteiger partial charge in [0, 0.05) is 12.1 Å². The Bertz CT molecular complexity index is 663. The van der Waals surface area contributed by atoms with Crippen molar-refractivity contribution < 1.29 is 23.1 Å². The van der Waals surface area contributed by atoms with Crippen molar-refractivity contribution >= 4 is 17.5 Å². The lowest BCUT2D eigenvalue weighted by molar-refractivity contribution is 0.0898. The standard InChI is InChI=1S/C15H16ClFN2O4/c1-21-12-3-2-10(8-11(12)16)14-13(19-9-23-14)15(20)18-5-7-22-6-4-17/h2-3,8-9H,4-7H2,1H3,(H,18,20)/i17-1. The largest absolute Gasteiger partial charge is 0.495 e. The number of halogens is 2. The fraction of sp³-hybridized carbons (Fsp3) is 0.333. The van der Waals surface area contributed by atoms with Crippen LogP contribution >= 0.6 is 11.6 Å². The van der Waals surface area contributed by atoms with Gasteiger partial charge in [-0.25, -0.2) is 9.37 Å². The van der Waals surface area contributed by atoms with Crippen LogP contribution in [0.1, 0.15) is 10.5 Å². The van der Waals surface area contributed by atoms with Gasteiger partial charge >= 0.3 is 0 Å². The zero-order chi connectivity index (χ0) is 16.7. The van der Waals surface area contributed by atoms with Gasteiger partial charge in [0.05, 0.1) is 25.3 Å². The fourth-order valence-electron chi connectivity index (χ4n) is 1.90. The van der Waals surface area contributed by atoms with E-state index < -0.39 is 12.6 Å². The van der Waals surface area contributed by atoms with E-state index in [2.05, 4.69) is 10.3 Å². The van der Waals surface area contributed by atoms with E-state index in [1.165, 1.54) is 13.5 Å². The summed E-state index contributed by atoms with van der Waals surface area (Å²) in [5.74, 6) is 0.409.